The molecule has 0 spiro atoms. The minimum Gasteiger partial charge on any atom is -0.494 e. The van der Waals surface area contributed by atoms with E-state index >= 15 is 0 Å². The quantitative estimate of drug-likeness (QED) is 0.297. The molecule has 1 nitrogen and oxygen atoms in total. The van der Waals surface area contributed by atoms with Crippen LogP contribution in [0.2, 0.25) is 0 Å². The van der Waals surface area contributed by atoms with Crippen LogP contribution in [-0.4, -0.2) is 7.11 Å². The molecule has 0 saturated heterocycles. The fraction of sp³-hybridized carbons (Fsp3) is 0.529. The van der Waals surface area contributed by atoms with Crippen LogP contribution in [0.25, 0.3) is 0 Å². The van der Waals surface area contributed by atoms with E-state index in [-0.39, 0.29) is 17.3 Å². The molecule has 0 radical (unpaired) electrons. The van der Waals surface area contributed by atoms with Crippen LogP contribution in [0.4, 0.5) is 8.78 Å². The van der Waals surface area contributed by atoms with Crippen molar-refractivity contribution in [3.8, 4) is 0 Å². The summed E-state index contributed by atoms with van der Waals surface area (Å²) in [5, 5.41) is 0. The molecule has 0 aromatic heterocycles. The average Bonchev–Trinajstić information content (AvgIpc) is 2.50. The minimum absolute atomic E-state index is 0.136. The first-order valence-electron chi connectivity index (χ1n) is 6.95. The third-order valence-electron chi connectivity index (χ3n) is 3.02. The summed E-state index contributed by atoms with van der Waals surface area (Å²) in [4.78, 5) is 0. The van der Waals surface area contributed by atoms with Crippen LogP contribution in [-0.2, 0) is 4.74 Å². The summed E-state index contributed by atoms with van der Waals surface area (Å²) in [7, 11) is 1.24. The van der Waals surface area contributed by atoms with Gasteiger partial charge in [0, 0.05) is 0 Å². The largest absolute Gasteiger partial charge is 0.494 e. The lowest BCUT2D eigenvalue weighted by Gasteiger charge is -2.15. The second-order valence-corrected chi connectivity index (χ2v) is 4.47. The van der Waals surface area contributed by atoms with Gasteiger partial charge in [0.1, 0.15) is 5.76 Å². The van der Waals surface area contributed by atoms with E-state index in [0.29, 0.717) is 5.92 Å². The standard InChI is InChI=1S/C15H22F2O.C2H6/c1-7-10(2)8-9-11(3)12(4)14(16)15(17)13(5)18-6;1-2/h7,10-11H,1,4-5,8-9H2,2-3,6H3;1-2H3/b15-14-;. The summed E-state index contributed by atoms with van der Waals surface area (Å²) in [5.41, 5.74) is 0.141. The van der Waals surface area contributed by atoms with Gasteiger partial charge in [-0.05, 0) is 30.3 Å². The maximum absolute atomic E-state index is 13.7. The predicted molar refractivity (Wildman–Crippen MR) is 83.6 cm³/mol. The van der Waals surface area contributed by atoms with E-state index in [1.54, 1.807) is 0 Å². The molecule has 0 fully saturated rings. The van der Waals surface area contributed by atoms with Crippen molar-refractivity contribution in [2.45, 2.75) is 40.5 Å². The van der Waals surface area contributed by atoms with Crippen LogP contribution >= 0.6 is 0 Å². The number of halogens is 2. The SMILES string of the molecule is C=CC(C)CCC(C)C(=C)/C(F)=C(/F)C(=C)OC.CC. The van der Waals surface area contributed by atoms with Crippen molar-refractivity contribution in [3.05, 3.63) is 48.8 Å². The van der Waals surface area contributed by atoms with Crippen molar-refractivity contribution in [1.29, 1.82) is 0 Å². The van der Waals surface area contributed by atoms with E-state index < -0.39 is 11.7 Å². The zero-order valence-electron chi connectivity index (χ0n) is 13.4. The third kappa shape index (κ3) is 7.27. The van der Waals surface area contributed by atoms with Gasteiger partial charge in [-0.25, -0.2) is 4.39 Å². The summed E-state index contributed by atoms with van der Waals surface area (Å²) >= 11 is 0. The van der Waals surface area contributed by atoms with E-state index in [1.165, 1.54) is 7.11 Å². The highest BCUT2D eigenvalue weighted by Gasteiger charge is 2.18. The highest BCUT2D eigenvalue weighted by atomic mass is 19.2. The van der Waals surface area contributed by atoms with Gasteiger partial charge in [-0.15, -0.1) is 6.58 Å². The van der Waals surface area contributed by atoms with Gasteiger partial charge in [0.05, 0.1) is 7.11 Å². The highest BCUT2D eigenvalue weighted by molar-refractivity contribution is 5.33. The number of ether oxygens (including phenoxy) is 1. The zero-order valence-corrected chi connectivity index (χ0v) is 13.4. The van der Waals surface area contributed by atoms with Gasteiger partial charge in [0.15, 0.2) is 11.7 Å². The van der Waals surface area contributed by atoms with Crippen LogP contribution in [0.15, 0.2) is 48.8 Å². The van der Waals surface area contributed by atoms with Crippen molar-refractivity contribution in [1.82, 2.24) is 0 Å². The molecule has 20 heavy (non-hydrogen) atoms. The smallest absolute Gasteiger partial charge is 0.200 e. The molecule has 0 saturated carbocycles. The van der Waals surface area contributed by atoms with Crippen molar-refractivity contribution >= 4 is 0 Å². The molecule has 0 bridgehead atoms. The van der Waals surface area contributed by atoms with Crippen molar-refractivity contribution in [2.24, 2.45) is 11.8 Å². The van der Waals surface area contributed by atoms with Crippen molar-refractivity contribution in [3.63, 3.8) is 0 Å². The molecular weight excluding hydrogens is 258 g/mol. The monoisotopic (exact) mass is 286 g/mol. The normalized spacial score (nSPS) is 14.2. The van der Waals surface area contributed by atoms with E-state index in [9.17, 15) is 8.78 Å². The van der Waals surface area contributed by atoms with Gasteiger partial charge in [-0.3, -0.25) is 0 Å². The maximum Gasteiger partial charge on any atom is 0.200 e. The topological polar surface area (TPSA) is 9.23 Å². The maximum atomic E-state index is 13.7. The summed E-state index contributed by atoms with van der Waals surface area (Å²) in [6.07, 6.45) is 3.44. The molecule has 0 aromatic carbocycles. The Labute approximate surface area is 122 Å². The Balaban J connectivity index is 0. The molecule has 0 amide bonds. The lowest BCUT2D eigenvalue weighted by molar-refractivity contribution is 0.280. The highest BCUT2D eigenvalue weighted by Crippen LogP contribution is 2.29. The molecule has 0 aliphatic heterocycles. The van der Waals surface area contributed by atoms with Crippen LogP contribution in [0.1, 0.15) is 40.5 Å². The number of methoxy groups -OCH3 is 1. The second kappa shape index (κ2) is 11.4. The lowest BCUT2D eigenvalue weighted by atomic mass is 9.92. The molecular formula is C17H28F2O. The number of hydrogen-bond donors (Lipinski definition) is 0. The van der Waals surface area contributed by atoms with Crippen molar-refractivity contribution in [2.75, 3.05) is 7.11 Å². The molecule has 116 valence electrons. The molecule has 0 heterocycles. The summed E-state index contributed by atoms with van der Waals surface area (Å²) in [6.45, 7) is 18.4. The molecule has 0 aromatic rings. The Morgan fingerprint density at radius 1 is 1.10 bits per heavy atom. The molecule has 0 N–H and O–H groups in total. The molecule has 2 unspecified atom stereocenters. The van der Waals surface area contributed by atoms with E-state index in [1.807, 2.05) is 33.8 Å². The van der Waals surface area contributed by atoms with Gasteiger partial charge >= 0.3 is 0 Å². The van der Waals surface area contributed by atoms with Crippen LogP contribution < -0.4 is 0 Å². The van der Waals surface area contributed by atoms with E-state index in [2.05, 4.69) is 24.5 Å². The Morgan fingerprint density at radius 3 is 2.00 bits per heavy atom. The molecule has 0 rings (SSSR count). The van der Waals surface area contributed by atoms with Gasteiger partial charge in [-0.1, -0.05) is 46.9 Å². The van der Waals surface area contributed by atoms with E-state index in [4.69, 9.17) is 0 Å². The zero-order chi connectivity index (χ0) is 16.3. The van der Waals surface area contributed by atoms with Gasteiger partial charge in [0.25, 0.3) is 0 Å². The first-order chi connectivity index (χ1) is 9.34. The predicted octanol–water partition coefficient (Wildman–Crippen LogP) is 6.12. The molecule has 0 aliphatic rings. The van der Waals surface area contributed by atoms with Crippen LogP contribution in [0.3, 0.4) is 0 Å². The Bertz CT molecular complexity index is 356. The van der Waals surface area contributed by atoms with Gasteiger partial charge < -0.3 is 4.74 Å². The van der Waals surface area contributed by atoms with Crippen LogP contribution in [0, 0.1) is 11.8 Å². The minimum atomic E-state index is -1.08. The Hall–Kier alpha value is -1.38. The summed E-state index contributed by atoms with van der Waals surface area (Å²) < 4.78 is 31.8. The molecule has 2 atom stereocenters. The average molecular weight is 286 g/mol. The van der Waals surface area contributed by atoms with Crippen LogP contribution in [0.5, 0.6) is 0 Å². The fourth-order valence-electron chi connectivity index (χ4n) is 1.37. The summed E-state index contributed by atoms with van der Waals surface area (Å²) in [6, 6.07) is 0. The first-order valence-corrected chi connectivity index (χ1v) is 6.95. The van der Waals surface area contributed by atoms with Gasteiger partial charge in [-0.2, -0.15) is 4.39 Å². The van der Waals surface area contributed by atoms with Crippen molar-refractivity contribution < 1.29 is 13.5 Å². The Morgan fingerprint density at radius 2 is 1.60 bits per heavy atom. The first kappa shape index (κ1) is 20.9. The van der Waals surface area contributed by atoms with E-state index in [0.717, 1.165) is 12.8 Å². The lowest BCUT2D eigenvalue weighted by Crippen LogP contribution is -2.03. The number of allylic oxidation sites excluding steroid dienone is 4. The van der Waals surface area contributed by atoms with Gasteiger partial charge in [0.2, 0.25) is 0 Å². The Kier molecular flexibility index (Phi) is 12.0. The fourth-order valence-corrected chi connectivity index (χ4v) is 1.37. The summed E-state index contributed by atoms with van der Waals surface area (Å²) in [5.74, 6) is -2.15. The second-order valence-electron chi connectivity index (χ2n) is 4.47. The third-order valence-corrected chi connectivity index (χ3v) is 3.02. The molecule has 0 aliphatic carbocycles. The number of hydrogen-bond acceptors (Lipinski definition) is 1. The molecule has 3 heteroatoms. The number of rotatable bonds is 8.